The summed E-state index contributed by atoms with van der Waals surface area (Å²) in [5, 5.41) is 23.3. The number of aromatic hydroxyl groups is 1. The predicted octanol–water partition coefficient (Wildman–Crippen LogP) is 21.5. The average molecular weight is 1630 g/mol. The van der Waals surface area contributed by atoms with E-state index in [0.717, 1.165) is 66.2 Å². The Morgan fingerprint density at radius 2 is 0.600 bits per heavy atom. The van der Waals surface area contributed by atoms with Crippen molar-refractivity contribution in [1.29, 1.82) is 0 Å². The zero-order valence-electron chi connectivity index (χ0n) is 64.1. The van der Waals surface area contributed by atoms with E-state index in [1.54, 1.807) is 84.9 Å². The molecule has 2 aliphatic carbocycles. The fourth-order valence-corrected chi connectivity index (χ4v) is 14.3. The fourth-order valence-electron chi connectivity index (χ4n) is 14.3. The number of fused-ring (bicyclic) bond motifs is 25. The molecular weight excluding hydrogens is 1550 g/mol. The Kier molecular flexibility index (Phi) is 25.5. The number of anilines is 6. The number of carbonyl (C=O) groups excluding carboxylic acids is 5. The van der Waals surface area contributed by atoms with Gasteiger partial charge in [-0.2, -0.15) is 15.0 Å². The molecule has 11 aromatic carbocycles. The maximum absolute atomic E-state index is 13.7. The van der Waals surface area contributed by atoms with E-state index in [2.05, 4.69) is 40.9 Å². The number of hydrogen-bond donors (Lipinski definition) is 5. The third-order valence-electron chi connectivity index (χ3n) is 19.5. The van der Waals surface area contributed by atoms with Gasteiger partial charge >= 0.3 is 17.1 Å². The first kappa shape index (κ1) is 84.2. The molecule has 8 heterocycles. The summed E-state index contributed by atoms with van der Waals surface area (Å²) in [4.78, 5) is 126. The predicted molar refractivity (Wildman–Crippen MR) is 473 cm³/mol. The molecule has 120 heavy (non-hydrogen) atoms. The number of aromatic amines is 1. The SMILES string of the molecule is C.C.C.CC.CC.CC.Cc1ccccc1Nc1nc(Nc2cccc3c2C(=O)c2ccccc2C3=O)nc(Nc2cccc3c2C(=O)c2ccccc2C3=O)n1.O=C1N=C(c2ccccc2)c2c(O)[nH]c(-c3ccccc3)c21.[Cu+2].c1ccc2c(c1)-c1nc-2nc2[n-]c(nc3nc(nc4[n-]c(n1)c1ccccc41)-c1ccccc1-3)c1ccccc21. The Morgan fingerprint density at radius 1 is 0.300 bits per heavy atom. The van der Waals surface area contributed by atoms with Crippen LogP contribution in [0, 0.1) is 6.92 Å². The van der Waals surface area contributed by atoms with Crippen LogP contribution in [-0.2, 0) is 17.1 Å². The van der Waals surface area contributed by atoms with Gasteiger partial charge in [-0.3, -0.25) is 24.0 Å². The van der Waals surface area contributed by atoms with E-state index in [1.807, 2.05) is 230 Å². The molecule has 0 spiro atoms. The van der Waals surface area contributed by atoms with Crippen molar-refractivity contribution in [3.63, 3.8) is 0 Å². The van der Waals surface area contributed by atoms with E-state index in [4.69, 9.17) is 39.9 Å². The van der Waals surface area contributed by atoms with Crippen molar-refractivity contribution in [2.45, 2.75) is 70.7 Å². The maximum Gasteiger partial charge on any atom is 2.00 e. The number of carbonyl (C=O) groups is 5. The van der Waals surface area contributed by atoms with Crippen LogP contribution in [0.25, 0.3) is 101 Å². The summed E-state index contributed by atoms with van der Waals surface area (Å²) in [5.74, 6) is 1.05. The van der Waals surface area contributed by atoms with Crippen LogP contribution in [0.4, 0.5) is 34.9 Å². The Labute approximate surface area is 703 Å². The van der Waals surface area contributed by atoms with Gasteiger partial charge in [0.1, 0.15) is 0 Å². The molecule has 22 nitrogen and oxygen atoms in total. The molecule has 5 aromatic heterocycles. The molecule has 3 aliphatic heterocycles. The van der Waals surface area contributed by atoms with Crippen LogP contribution in [-0.4, -0.2) is 89.7 Å². The van der Waals surface area contributed by atoms with Crippen molar-refractivity contribution in [3.05, 3.63) is 334 Å². The Hall–Kier alpha value is -15.2. The van der Waals surface area contributed by atoms with Crippen LogP contribution in [0.2, 0.25) is 0 Å². The van der Waals surface area contributed by atoms with E-state index in [0.29, 0.717) is 102 Å². The van der Waals surface area contributed by atoms with Gasteiger partial charge in [-0.1, -0.05) is 313 Å². The van der Waals surface area contributed by atoms with Gasteiger partial charge in [0.05, 0.1) is 68.3 Å². The Bertz CT molecular complexity index is 6420. The molecule has 1 radical (unpaired) electrons. The minimum Gasteiger partial charge on any atom is -0.494 e. The van der Waals surface area contributed by atoms with Gasteiger partial charge in [0.2, 0.25) is 17.8 Å². The molecule has 8 bridgehead atoms. The summed E-state index contributed by atoms with van der Waals surface area (Å²) >= 11 is 0. The van der Waals surface area contributed by atoms with Gasteiger partial charge in [-0.05, 0) is 57.8 Å². The quantitative estimate of drug-likeness (QED) is 0.0883. The summed E-state index contributed by atoms with van der Waals surface area (Å²) in [5.41, 5.74) is 14.2. The molecule has 5 aliphatic rings. The van der Waals surface area contributed by atoms with E-state index in [1.165, 1.54) is 0 Å². The summed E-state index contributed by atoms with van der Waals surface area (Å²) in [6, 6.07) is 81.7. The van der Waals surface area contributed by atoms with Crippen molar-refractivity contribution in [3.8, 4) is 62.7 Å². The average Bonchev–Trinajstić information content (AvgIpc) is 1.14. The number of ketones is 4. The van der Waals surface area contributed by atoms with Crippen molar-refractivity contribution >= 4 is 114 Å². The van der Waals surface area contributed by atoms with Crippen LogP contribution in [0.3, 0.4) is 0 Å². The van der Waals surface area contributed by atoms with Gasteiger partial charge in [0.25, 0.3) is 5.91 Å². The summed E-state index contributed by atoms with van der Waals surface area (Å²) in [6.07, 6.45) is 0. The number of rotatable bonds is 8. The molecule has 5 N–H and O–H groups in total. The number of aryl methyl sites for hydroxylation is 1. The molecule has 597 valence electrons. The molecule has 23 heteroatoms. The smallest absolute Gasteiger partial charge is 0.494 e. The number of H-pyrrole nitrogens is 1. The Balaban J connectivity index is 0.000000166. The largest absolute Gasteiger partial charge is 2.00 e. The summed E-state index contributed by atoms with van der Waals surface area (Å²) < 4.78 is 0. The third kappa shape index (κ3) is 15.5. The number of hydrogen-bond acceptors (Lipinski definition) is 18. The van der Waals surface area contributed by atoms with Gasteiger partial charge in [0.15, 0.2) is 29.0 Å². The minimum absolute atomic E-state index is 0. The summed E-state index contributed by atoms with van der Waals surface area (Å²) in [7, 11) is 0. The van der Waals surface area contributed by atoms with E-state index in [9.17, 15) is 29.1 Å². The number of aliphatic imine (C=N–C) groups is 1. The van der Waals surface area contributed by atoms with E-state index >= 15 is 0 Å². The minimum atomic E-state index is -0.329. The molecule has 0 saturated heterocycles. The Morgan fingerprint density at radius 3 is 0.975 bits per heavy atom. The first-order valence-electron chi connectivity index (χ1n) is 38.0. The van der Waals surface area contributed by atoms with E-state index < -0.39 is 0 Å². The van der Waals surface area contributed by atoms with Crippen LogP contribution >= 0.6 is 0 Å². The number of aromatic nitrogens is 12. The standard InChI is InChI=1S/C38H24N6O4.C32H16N8.C18H12N2O2.3C2H6.3CH4.Cu/c1-20-10-2-7-17-27(20)39-36-42-37(40-28-18-8-15-25-30(28)34(47)23-13-5-3-11-21(23)32(25)45)44-38(43-36)41-29-19-9-16-26-31(29)35(48)24-14-6-4-12-22(24)33(26)46;1-2-10-18-17(9-1)25-33-26(18)38-28-21-13-5-6-14-22(21)30(35-28)40-32-24-16-8-7-15-23(24)31(36-32)39-29-20-12-4-3-11-19(20)27(34-29)37-25;21-17-13-14(16(20-17)12-9-5-2-6-10-12)18(22)19-15(13)11-7-3-1-4-8-11;3*1-2;;;;/h2-19H,1H3,(H3,39,40,41,42,43,44);1-16H;1-10,19,22H;3*1-2H3;3*1H4;/q;-2;;;;;;;;+2. The zero-order valence-corrected chi connectivity index (χ0v) is 65.0. The first-order chi connectivity index (χ1) is 56.9. The molecule has 0 unspecified atom stereocenters. The number of nitrogens with one attached hydrogen (secondary N) is 4. The van der Waals surface area contributed by atoms with Gasteiger partial charge in [-0.15, -0.1) is 0 Å². The molecule has 16 aromatic rings. The second-order valence-electron chi connectivity index (χ2n) is 26.1. The maximum atomic E-state index is 13.7. The molecule has 1 amide bonds. The van der Waals surface area contributed by atoms with Crippen LogP contribution < -0.4 is 25.9 Å². The molecule has 0 fully saturated rings. The topological polar surface area (TPSA) is 314 Å². The second-order valence-corrected chi connectivity index (χ2v) is 26.1. The van der Waals surface area contributed by atoms with Crippen molar-refractivity contribution < 1.29 is 46.1 Å². The molecule has 0 saturated carbocycles. The van der Waals surface area contributed by atoms with Crippen molar-refractivity contribution in [2.75, 3.05) is 16.0 Å². The van der Waals surface area contributed by atoms with Gasteiger partial charge in [0, 0.05) is 89.5 Å². The number of amides is 1. The van der Waals surface area contributed by atoms with Crippen molar-refractivity contribution in [2.24, 2.45) is 4.99 Å². The van der Waals surface area contributed by atoms with Crippen LogP contribution in [0.5, 0.6) is 5.88 Å². The molecular formula is C97H82CuN16O6. The van der Waals surface area contributed by atoms with Crippen LogP contribution in [0.15, 0.2) is 272 Å². The number of benzene rings is 11. The fraction of sp³-hybridized carbons (Fsp3) is 0.103. The zero-order chi connectivity index (χ0) is 80.3. The second kappa shape index (κ2) is 36.3. The van der Waals surface area contributed by atoms with E-state index in [-0.39, 0.29) is 114 Å². The first-order valence-corrected chi connectivity index (χ1v) is 38.0. The monoisotopic (exact) mass is 1630 g/mol. The number of para-hydroxylation sites is 1. The normalized spacial score (nSPS) is 11.7. The summed E-state index contributed by atoms with van der Waals surface area (Å²) in [6.45, 7) is 13.9. The van der Waals surface area contributed by atoms with Gasteiger partial charge < -0.3 is 55.9 Å². The third-order valence-corrected chi connectivity index (χ3v) is 19.5. The van der Waals surface area contributed by atoms with Crippen molar-refractivity contribution in [1.82, 2.24) is 59.8 Å². The van der Waals surface area contributed by atoms with Gasteiger partial charge in [-0.25, -0.2) is 15.0 Å². The molecule has 21 rings (SSSR count). The van der Waals surface area contributed by atoms with Crippen LogP contribution in [0.1, 0.15) is 155 Å². The molecule has 0 atom stereocenters. The number of nitrogens with zero attached hydrogens (tertiary/aromatic N) is 12.